The number of nitrogens with zero attached hydrogens (tertiary/aromatic N) is 3. The Balaban J connectivity index is 2.15. The van der Waals surface area contributed by atoms with Crippen LogP contribution in [0.1, 0.15) is 12.5 Å². The van der Waals surface area contributed by atoms with Gasteiger partial charge in [-0.05, 0) is 24.6 Å². The molecule has 6 nitrogen and oxygen atoms in total. The van der Waals surface area contributed by atoms with E-state index in [-0.39, 0.29) is 38.5 Å². The van der Waals surface area contributed by atoms with Gasteiger partial charge in [-0.15, -0.1) is 0 Å². The molecule has 0 radical (unpaired) electrons. The lowest BCUT2D eigenvalue weighted by Crippen LogP contribution is -2.53. The molecule has 0 spiro atoms. The minimum absolute atomic E-state index is 0.112. The van der Waals surface area contributed by atoms with Gasteiger partial charge in [-0.25, -0.2) is 0 Å². The fourth-order valence-electron chi connectivity index (χ4n) is 2.63. The maximum Gasteiger partial charge on any atom is 0.403 e. The van der Waals surface area contributed by atoms with E-state index in [0.717, 1.165) is 6.92 Å². The fraction of sp³-hybridized carbons (Fsp3) is 0.571. The van der Waals surface area contributed by atoms with Crippen LogP contribution in [0.2, 0.25) is 0 Å². The largest absolute Gasteiger partial charge is 0.403 e. The van der Waals surface area contributed by atoms with Crippen LogP contribution in [-0.4, -0.2) is 53.3 Å². The summed E-state index contributed by atoms with van der Waals surface area (Å²) >= 11 is 0. The van der Waals surface area contributed by atoms with E-state index in [2.05, 4.69) is 0 Å². The summed E-state index contributed by atoms with van der Waals surface area (Å²) in [5.41, 5.74) is 0.747. The maximum atomic E-state index is 12.8. The second-order valence-corrected chi connectivity index (χ2v) is 5.48. The molecule has 1 fully saturated rings. The van der Waals surface area contributed by atoms with E-state index in [1.807, 2.05) is 0 Å². The van der Waals surface area contributed by atoms with Crippen molar-refractivity contribution in [3.63, 3.8) is 0 Å². The first-order valence-corrected chi connectivity index (χ1v) is 7.18. The summed E-state index contributed by atoms with van der Waals surface area (Å²) in [6.45, 7) is 1.72. The molecule has 0 aliphatic carbocycles. The molecular weight excluding hydrogens is 315 g/mol. The number of aliphatic hydroxyl groups is 1. The molecule has 9 heteroatoms. The Morgan fingerprint density at radius 2 is 1.91 bits per heavy atom. The van der Waals surface area contributed by atoms with Gasteiger partial charge in [0.15, 0.2) is 0 Å². The highest BCUT2D eigenvalue weighted by atomic mass is 19.4. The van der Waals surface area contributed by atoms with E-state index in [1.54, 1.807) is 4.90 Å². The Kier molecular flexibility index (Phi) is 5.10. The Morgan fingerprint density at radius 3 is 2.39 bits per heavy atom. The lowest BCUT2D eigenvalue weighted by atomic mass is 10.1. The van der Waals surface area contributed by atoms with Crippen molar-refractivity contribution in [2.45, 2.75) is 25.7 Å². The minimum atomic E-state index is -4.29. The average molecular weight is 333 g/mol. The van der Waals surface area contributed by atoms with Gasteiger partial charge in [0.1, 0.15) is 11.7 Å². The Morgan fingerprint density at radius 1 is 1.30 bits per heavy atom. The van der Waals surface area contributed by atoms with Gasteiger partial charge < -0.3 is 10.0 Å². The summed E-state index contributed by atoms with van der Waals surface area (Å²) in [4.78, 5) is 13.6. The number of hydrogen-bond donors (Lipinski definition) is 1. The smallest absolute Gasteiger partial charge is 0.392 e. The van der Waals surface area contributed by atoms with E-state index < -0.39 is 17.1 Å². The zero-order valence-corrected chi connectivity index (χ0v) is 12.6. The van der Waals surface area contributed by atoms with Gasteiger partial charge in [0.25, 0.3) is 5.69 Å². The van der Waals surface area contributed by atoms with Crippen LogP contribution in [0.4, 0.5) is 24.5 Å². The van der Waals surface area contributed by atoms with Crippen LogP contribution in [0.3, 0.4) is 0 Å². The summed E-state index contributed by atoms with van der Waals surface area (Å²) in [6.07, 6.45) is -4.29. The third-order valence-electron chi connectivity index (χ3n) is 4.10. The Hall–Kier alpha value is -1.87. The summed E-state index contributed by atoms with van der Waals surface area (Å²) in [7, 11) is 0. The molecule has 23 heavy (non-hydrogen) atoms. The van der Waals surface area contributed by atoms with Crippen molar-refractivity contribution in [2.24, 2.45) is 0 Å². The van der Waals surface area contributed by atoms with Crippen LogP contribution in [0.15, 0.2) is 18.2 Å². The summed E-state index contributed by atoms with van der Waals surface area (Å²) in [5.74, 6) is 0. The third kappa shape index (κ3) is 3.91. The van der Waals surface area contributed by atoms with Gasteiger partial charge in [0.2, 0.25) is 0 Å². The lowest BCUT2D eigenvalue weighted by Gasteiger charge is -2.39. The van der Waals surface area contributed by atoms with Gasteiger partial charge >= 0.3 is 6.18 Å². The van der Waals surface area contributed by atoms with E-state index in [0.29, 0.717) is 11.3 Å². The lowest BCUT2D eigenvalue weighted by molar-refractivity contribution is -0.384. The molecule has 0 aromatic heterocycles. The third-order valence-corrected chi connectivity index (χ3v) is 4.10. The highest BCUT2D eigenvalue weighted by molar-refractivity contribution is 5.64. The van der Waals surface area contributed by atoms with Crippen molar-refractivity contribution in [1.29, 1.82) is 0 Å². The molecule has 1 unspecified atom stereocenters. The number of nitro benzene ring substituents is 1. The number of halogens is 3. The zero-order chi connectivity index (χ0) is 17.2. The molecule has 1 aliphatic heterocycles. The first-order chi connectivity index (χ1) is 10.7. The van der Waals surface area contributed by atoms with Crippen LogP contribution in [-0.2, 0) is 6.61 Å². The highest BCUT2D eigenvalue weighted by Crippen LogP contribution is 2.31. The van der Waals surface area contributed by atoms with Crippen molar-refractivity contribution in [3.8, 4) is 0 Å². The quantitative estimate of drug-likeness (QED) is 0.675. The number of aliphatic hydroxyl groups excluding tert-OH is 1. The van der Waals surface area contributed by atoms with Crippen LogP contribution in [0.25, 0.3) is 0 Å². The van der Waals surface area contributed by atoms with Gasteiger partial charge in [-0.3, -0.25) is 15.0 Å². The maximum absolute atomic E-state index is 12.8. The fourth-order valence-corrected chi connectivity index (χ4v) is 2.63. The number of nitro groups is 1. The first-order valence-electron chi connectivity index (χ1n) is 7.18. The number of benzene rings is 1. The van der Waals surface area contributed by atoms with Crippen LogP contribution >= 0.6 is 0 Å². The summed E-state index contributed by atoms with van der Waals surface area (Å²) in [6, 6.07) is 2.75. The molecule has 1 aromatic carbocycles. The predicted molar refractivity (Wildman–Crippen MR) is 78.3 cm³/mol. The van der Waals surface area contributed by atoms with Crippen molar-refractivity contribution >= 4 is 11.4 Å². The topological polar surface area (TPSA) is 69.8 Å². The number of hydrogen-bond acceptors (Lipinski definition) is 5. The van der Waals surface area contributed by atoms with Crippen LogP contribution < -0.4 is 4.90 Å². The molecule has 0 saturated carbocycles. The van der Waals surface area contributed by atoms with Gasteiger partial charge in [0, 0.05) is 32.2 Å². The summed E-state index contributed by atoms with van der Waals surface area (Å²) < 4.78 is 38.3. The number of rotatable bonds is 4. The van der Waals surface area contributed by atoms with Crippen molar-refractivity contribution < 1.29 is 23.2 Å². The molecule has 1 heterocycles. The molecule has 0 bridgehead atoms. The Bertz CT molecular complexity index is 572. The molecule has 0 amide bonds. The number of alkyl halides is 3. The molecule has 128 valence electrons. The van der Waals surface area contributed by atoms with Crippen LogP contribution in [0, 0.1) is 10.1 Å². The molecule has 1 saturated heterocycles. The van der Waals surface area contributed by atoms with Crippen molar-refractivity contribution in [2.75, 3.05) is 31.1 Å². The zero-order valence-electron chi connectivity index (χ0n) is 12.6. The van der Waals surface area contributed by atoms with Gasteiger partial charge in [0.05, 0.1) is 11.5 Å². The standard InChI is InChI=1S/C14H18F3N3O3/c1-10(14(15,16)17)18-4-6-19(7-5-18)13-8-11(9-21)2-3-12(13)20(22)23/h2-3,8,10,21H,4-7,9H2,1H3. The molecule has 1 N–H and O–H groups in total. The Labute approximate surface area is 131 Å². The molecular formula is C14H18F3N3O3. The highest BCUT2D eigenvalue weighted by Gasteiger charge is 2.41. The van der Waals surface area contributed by atoms with E-state index in [9.17, 15) is 28.4 Å². The molecule has 1 atom stereocenters. The van der Waals surface area contributed by atoms with Crippen molar-refractivity contribution in [1.82, 2.24) is 4.90 Å². The second kappa shape index (κ2) is 6.71. The monoisotopic (exact) mass is 333 g/mol. The minimum Gasteiger partial charge on any atom is -0.392 e. The van der Waals surface area contributed by atoms with Gasteiger partial charge in [-0.2, -0.15) is 13.2 Å². The van der Waals surface area contributed by atoms with Crippen LogP contribution in [0.5, 0.6) is 0 Å². The molecule has 1 aromatic rings. The first kappa shape index (κ1) is 17.5. The van der Waals surface area contributed by atoms with E-state index in [1.165, 1.54) is 23.1 Å². The van der Waals surface area contributed by atoms with E-state index in [4.69, 9.17) is 0 Å². The number of piperazine rings is 1. The van der Waals surface area contributed by atoms with Crippen molar-refractivity contribution in [3.05, 3.63) is 33.9 Å². The van der Waals surface area contributed by atoms with Gasteiger partial charge in [-0.1, -0.05) is 0 Å². The van der Waals surface area contributed by atoms with E-state index >= 15 is 0 Å². The number of anilines is 1. The average Bonchev–Trinajstić information content (AvgIpc) is 2.52. The summed E-state index contributed by atoms with van der Waals surface area (Å²) in [5, 5.41) is 20.3. The normalized spacial score (nSPS) is 18.0. The second-order valence-electron chi connectivity index (χ2n) is 5.48. The predicted octanol–water partition coefficient (Wildman–Crippen LogP) is 2.16. The molecule has 2 rings (SSSR count). The molecule has 1 aliphatic rings. The SMILES string of the molecule is CC(N1CCN(c2cc(CO)ccc2[N+](=O)[O-])CC1)C(F)(F)F.